The Kier molecular flexibility index (Phi) is 5.24. The number of carbonyl (C=O) groups is 2. The van der Waals surface area contributed by atoms with E-state index in [0.29, 0.717) is 16.3 Å². The average Bonchev–Trinajstić information content (AvgIpc) is 2.88. The van der Waals surface area contributed by atoms with Crippen LogP contribution in [0.4, 0.5) is 16.2 Å². The lowest BCUT2D eigenvalue weighted by atomic mass is 10.2. The van der Waals surface area contributed by atoms with Crippen molar-refractivity contribution in [1.82, 2.24) is 4.90 Å². The molecule has 1 aliphatic rings. The SMILES string of the molecule is O=C1SC(=Cc2ccc([N+](=O)[O-])cc2)C(=O)N1CNc1ccccc1Cl. The van der Waals surface area contributed by atoms with Gasteiger partial charge in [-0.3, -0.25) is 24.6 Å². The summed E-state index contributed by atoms with van der Waals surface area (Å²) in [4.78, 5) is 36.0. The number of rotatable bonds is 5. The molecule has 0 unspecified atom stereocenters. The minimum absolute atomic E-state index is 0.00794. The smallest absolute Gasteiger partial charge is 0.295 e. The van der Waals surface area contributed by atoms with Crippen molar-refractivity contribution < 1.29 is 14.5 Å². The number of benzene rings is 2. The molecule has 2 aromatic carbocycles. The Labute approximate surface area is 157 Å². The minimum Gasteiger partial charge on any atom is -0.366 e. The van der Waals surface area contributed by atoms with E-state index in [0.717, 1.165) is 16.7 Å². The summed E-state index contributed by atoms with van der Waals surface area (Å²) < 4.78 is 0. The molecule has 0 bridgehead atoms. The second-order valence-electron chi connectivity index (χ2n) is 5.27. The number of nitrogens with one attached hydrogen (secondary N) is 1. The van der Waals surface area contributed by atoms with Crippen LogP contribution in [0.25, 0.3) is 6.08 Å². The summed E-state index contributed by atoms with van der Waals surface area (Å²) in [5.41, 5.74) is 1.17. The fraction of sp³-hybridized carbons (Fsp3) is 0.0588. The molecule has 0 aromatic heterocycles. The summed E-state index contributed by atoms with van der Waals surface area (Å²) in [6, 6.07) is 12.7. The first-order chi connectivity index (χ1) is 12.5. The first kappa shape index (κ1) is 18.0. The first-order valence-corrected chi connectivity index (χ1v) is 8.63. The largest absolute Gasteiger partial charge is 0.366 e. The van der Waals surface area contributed by atoms with Crippen molar-refractivity contribution in [1.29, 1.82) is 0 Å². The molecule has 2 amide bonds. The van der Waals surface area contributed by atoms with E-state index in [-0.39, 0.29) is 17.3 Å². The van der Waals surface area contributed by atoms with Crippen molar-refractivity contribution in [3.63, 3.8) is 0 Å². The van der Waals surface area contributed by atoms with Gasteiger partial charge in [-0.15, -0.1) is 0 Å². The van der Waals surface area contributed by atoms with E-state index in [1.54, 1.807) is 24.3 Å². The third kappa shape index (κ3) is 3.87. The van der Waals surface area contributed by atoms with E-state index >= 15 is 0 Å². The number of hydrogen-bond acceptors (Lipinski definition) is 6. The first-order valence-electron chi connectivity index (χ1n) is 7.44. The Morgan fingerprint density at radius 2 is 1.85 bits per heavy atom. The monoisotopic (exact) mass is 389 g/mol. The topological polar surface area (TPSA) is 92.5 Å². The van der Waals surface area contributed by atoms with E-state index in [1.165, 1.54) is 30.3 Å². The summed E-state index contributed by atoms with van der Waals surface area (Å²) in [7, 11) is 0. The lowest BCUT2D eigenvalue weighted by Crippen LogP contribution is -2.33. The lowest BCUT2D eigenvalue weighted by molar-refractivity contribution is -0.384. The van der Waals surface area contributed by atoms with Gasteiger partial charge in [0.25, 0.3) is 16.8 Å². The number of anilines is 1. The van der Waals surface area contributed by atoms with Gasteiger partial charge in [0.15, 0.2) is 0 Å². The zero-order valence-electron chi connectivity index (χ0n) is 13.2. The van der Waals surface area contributed by atoms with Crippen molar-refractivity contribution in [3.05, 3.63) is 74.1 Å². The minimum atomic E-state index is -0.502. The van der Waals surface area contributed by atoms with Crippen LogP contribution in [-0.2, 0) is 4.79 Å². The Bertz CT molecular complexity index is 914. The highest BCUT2D eigenvalue weighted by Gasteiger charge is 2.34. The normalized spacial score (nSPS) is 15.6. The van der Waals surface area contributed by atoms with Crippen LogP contribution in [0.2, 0.25) is 5.02 Å². The third-order valence-electron chi connectivity index (χ3n) is 3.58. The predicted octanol–water partition coefficient (Wildman–Crippen LogP) is 4.35. The molecule has 1 saturated heterocycles. The number of hydrogen-bond donors (Lipinski definition) is 1. The van der Waals surface area contributed by atoms with Crippen LogP contribution in [0.1, 0.15) is 5.56 Å². The molecular formula is C17H12ClN3O4S. The number of imide groups is 1. The van der Waals surface area contributed by atoms with Crippen molar-refractivity contribution >= 4 is 52.0 Å². The molecule has 1 aliphatic heterocycles. The highest BCUT2D eigenvalue weighted by atomic mass is 35.5. The van der Waals surface area contributed by atoms with Gasteiger partial charge in [0, 0.05) is 12.1 Å². The van der Waals surface area contributed by atoms with Gasteiger partial charge in [0.2, 0.25) is 0 Å². The maximum absolute atomic E-state index is 12.4. The number of thioether (sulfide) groups is 1. The maximum Gasteiger partial charge on any atom is 0.295 e. The highest BCUT2D eigenvalue weighted by Crippen LogP contribution is 2.32. The van der Waals surface area contributed by atoms with Crippen LogP contribution in [0.3, 0.4) is 0 Å². The number of amides is 2. The zero-order valence-corrected chi connectivity index (χ0v) is 14.8. The van der Waals surface area contributed by atoms with E-state index in [1.807, 2.05) is 0 Å². The van der Waals surface area contributed by atoms with Gasteiger partial charge in [-0.25, -0.2) is 0 Å². The number of para-hydroxylation sites is 1. The molecule has 0 saturated carbocycles. The molecule has 1 fully saturated rings. The molecule has 1 heterocycles. The Morgan fingerprint density at radius 3 is 2.50 bits per heavy atom. The molecule has 1 N–H and O–H groups in total. The van der Waals surface area contributed by atoms with Gasteiger partial charge in [-0.2, -0.15) is 0 Å². The summed E-state index contributed by atoms with van der Waals surface area (Å²) >= 11 is 6.86. The summed E-state index contributed by atoms with van der Waals surface area (Å²) in [6.45, 7) is -0.00794. The molecule has 132 valence electrons. The summed E-state index contributed by atoms with van der Waals surface area (Å²) in [5, 5.41) is 13.7. The number of non-ortho nitro benzene ring substituents is 1. The van der Waals surface area contributed by atoms with E-state index in [9.17, 15) is 19.7 Å². The molecule has 0 atom stereocenters. The van der Waals surface area contributed by atoms with Gasteiger partial charge in [0.1, 0.15) is 0 Å². The number of nitrogens with zero attached hydrogens (tertiary/aromatic N) is 2. The van der Waals surface area contributed by atoms with Gasteiger partial charge < -0.3 is 5.32 Å². The van der Waals surface area contributed by atoms with Crippen molar-refractivity contribution in [2.45, 2.75) is 0 Å². The van der Waals surface area contributed by atoms with Crippen LogP contribution < -0.4 is 5.32 Å². The van der Waals surface area contributed by atoms with Crippen molar-refractivity contribution in [2.75, 3.05) is 12.0 Å². The third-order valence-corrected chi connectivity index (χ3v) is 4.81. The van der Waals surface area contributed by atoms with Crippen LogP contribution in [0, 0.1) is 10.1 Å². The molecule has 26 heavy (non-hydrogen) atoms. The highest BCUT2D eigenvalue weighted by molar-refractivity contribution is 8.18. The van der Waals surface area contributed by atoms with E-state index in [2.05, 4.69) is 5.32 Å². The Balaban J connectivity index is 1.72. The molecule has 0 radical (unpaired) electrons. The Hall–Kier alpha value is -2.84. The van der Waals surface area contributed by atoms with Gasteiger partial charge >= 0.3 is 0 Å². The fourth-order valence-corrected chi connectivity index (χ4v) is 3.29. The number of nitro groups is 1. The molecule has 0 aliphatic carbocycles. The number of halogens is 1. The molecule has 2 aromatic rings. The Morgan fingerprint density at radius 1 is 1.15 bits per heavy atom. The van der Waals surface area contributed by atoms with Crippen LogP contribution in [0.15, 0.2) is 53.4 Å². The van der Waals surface area contributed by atoms with Crippen molar-refractivity contribution in [3.8, 4) is 0 Å². The average molecular weight is 390 g/mol. The summed E-state index contributed by atoms with van der Waals surface area (Å²) in [6.07, 6.45) is 1.53. The quantitative estimate of drug-likeness (QED) is 0.464. The number of carbonyl (C=O) groups excluding carboxylic acids is 2. The molecule has 9 heteroatoms. The van der Waals surface area contributed by atoms with Gasteiger partial charge in [-0.05, 0) is 47.7 Å². The van der Waals surface area contributed by atoms with Crippen LogP contribution in [-0.4, -0.2) is 27.6 Å². The predicted molar refractivity (Wildman–Crippen MR) is 101 cm³/mol. The maximum atomic E-state index is 12.4. The van der Waals surface area contributed by atoms with Crippen LogP contribution >= 0.6 is 23.4 Å². The molecule has 0 spiro atoms. The van der Waals surface area contributed by atoms with Crippen molar-refractivity contribution in [2.24, 2.45) is 0 Å². The van der Waals surface area contributed by atoms with Crippen LogP contribution in [0.5, 0.6) is 0 Å². The zero-order chi connectivity index (χ0) is 18.7. The molecule has 7 nitrogen and oxygen atoms in total. The second-order valence-corrected chi connectivity index (χ2v) is 6.67. The fourth-order valence-electron chi connectivity index (χ4n) is 2.25. The van der Waals surface area contributed by atoms with Gasteiger partial charge in [-0.1, -0.05) is 23.7 Å². The molecular weight excluding hydrogens is 378 g/mol. The summed E-state index contributed by atoms with van der Waals surface area (Å²) in [5.74, 6) is -0.432. The standard InChI is InChI=1S/C17H12ClN3O4S/c18-13-3-1-2-4-14(13)19-10-20-16(22)15(26-17(20)23)9-11-5-7-12(8-6-11)21(24)25/h1-9,19H,10H2. The van der Waals surface area contributed by atoms with E-state index in [4.69, 9.17) is 11.6 Å². The van der Waals surface area contributed by atoms with Gasteiger partial charge in [0.05, 0.1) is 27.2 Å². The molecule has 3 rings (SSSR count). The van der Waals surface area contributed by atoms with E-state index < -0.39 is 16.1 Å². The number of nitro benzene ring substituents is 1. The lowest BCUT2D eigenvalue weighted by Gasteiger charge is -2.15. The second kappa shape index (κ2) is 7.59.